The van der Waals surface area contributed by atoms with E-state index >= 15 is 0 Å². The zero-order valence-electron chi connectivity index (χ0n) is 11.5. The summed E-state index contributed by atoms with van der Waals surface area (Å²) in [5.74, 6) is 0.170. The van der Waals surface area contributed by atoms with Gasteiger partial charge >= 0.3 is 0 Å². The van der Waals surface area contributed by atoms with E-state index in [2.05, 4.69) is 10.2 Å². The summed E-state index contributed by atoms with van der Waals surface area (Å²) < 4.78 is 0. The summed E-state index contributed by atoms with van der Waals surface area (Å²) in [7, 11) is 1.79. The number of hydrogen-bond donors (Lipinski definition) is 2. The van der Waals surface area contributed by atoms with Crippen LogP contribution in [0.1, 0.15) is 29.6 Å². The molecule has 0 radical (unpaired) electrons. The lowest BCUT2D eigenvalue weighted by Crippen LogP contribution is -2.34. The minimum absolute atomic E-state index is 0.0287. The van der Waals surface area contributed by atoms with Gasteiger partial charge in [0.05, 0.1) is 23.4 Å². The molecule has 1 aliphatic rings. The van der Waals surface area contributed by atoms with Crippen molar-refractivity contribution in [3.8, 4) is 0 Å². The van der Waals surface area contributed by atoms with Crippen molar-refractivity contribution in [3.63, 3.8) is 0 Å². The molecule has 5 nitrogen and oxygen atoms in total. The fourth-order valence-electron chi connectivity index (χ4n) is 3.02. The number of para-hydroxylation sites is 1. The van der Waals surface area contributed by atoms with Crippen LogP contribution in [0.15, 0.2) is 24.4 Å². The van der Waals surface area contributed by atoms with Gasteiger partial charge in [0.2, 0.25) is 0 Å². The van der Waals surface area contributed by atoms with Crippen LogP contribution in [0.4, 0.5) is 0 Å². The second-order valence-corrected chi connectivity index (χ2v) is 5.58. The number of aliphatic hydroxyl groups is 1. The molecule has 2 unspecified atom stereocenters. The number of fused-ring (bicyclic) bond motifs is 1. The van der Waals surface area contributed by atoms with Crippen molar-refractivity contribution in [3.05, 3.63) is 30.0 Å². The van der Waals surface area contributed by atoms with Crippen molar-refractivity contribution in [2.45, 2.75) is 25.4 Å². The molecule has 5 heteroatoms. The predicted octanol–water partition coefficient (Wildman–Crippen LogP) is 1.80. The summed E-state index contributed by atoms with van der Waals surface area (Å²) in [4.78, 5) is 14.3. The zero-order chi connectivity index (χ0) is 14.1. The highest BCUT2D eigenvalue weighted by atomic mass is 16.3. The Balaban J connectivity index is 1.79. The van der Waals surface area contributed by atoms with Crippen LogP contribution in [0.2, 0.25) is 0 Å². The Bertz CT molecular complexity index is 622. The van der Waals surface area contributed by atoms with E-state index < -0.39 is 0 Å². The zero-order valence-corrected chi connectivity index (χ0v) is 11.5. The van der Waals surface area contributed by atoms with Gasteiger partial charge in [-0.1, -0.05) is 18.6 Å². The van der Waals surface area contributed by atoms with E-state index in [1.165, 1.54) is 0 Å². The molecule has 1 fully saturated rings. The van der Waals surface area contributed by atoms with E-state index in [-0.39, 0.29) is 17.9 Å². The molecule has 1 aromatic heterocycles. The summed E-state index contributed by atoms with van der Waals surface area (Å²) in [5.41, 5.74) is 1.41. The Morgan fingerprint density at radius 3 is 3.10 bits per heavy atom. The van der Waals surface area contributed by atoms with Gasteiger partial charge in [0, 0.05) is 24.9 Å². The second kappa shape index (κ2) is 5.25. The van der Waals surface area contributed by atoms with Crippen molar-refractivity contribution in [2.75, 3.05) is 13.6 Å². The van der Waals surface area contributed by atoms with Crippen LogP contribution in [0, 0.1) is 5.92 Å². The summed E-state index contributed by atoms with van der Waals surface area (Å²) in [6, 6.07) is 5.60. The molecule has 1 saturated carbocycles. The Morgan fingerprint density at radius 2 is 2.35 bits per heavy atom. The van der Waals surface area contributed by atoms with Crippen LogP contribution >= 0.6 is 0 Å². The van der Waals surface area contributed by atoms with E-state index in [9.17, 15) is 9.90 Å². The van der Waals surface area contributed by atoms with Crippen LogP contribution in [-0.2, 0) is 0 Å². The van der Waals surface area contributed by atoms with Crippen LogP contribution in [-0.4, -0.2) is 45.8 Å². The quantitative estimate of drug-likeness (QED) is 0.896. The Hall–Kier alpha value is -1.88. The van der Waals surface area contributed by atoms with Gasteiger partial charge in [-0.05, 0) is 18.9 Å². The molecule has 1 aromatic carbocycles. The lowest BCUT2D eigenvalue weighted by molar-refractivity contribution is 0.0695. The molecule has 0 saturated heterocycles. The van der Waals surface area contributed by atoms with E-state index in [1.54, 1.807) is 18.1 Å². The minimum Gasteiger partial charge on any atom is -0.393 e. The minimum atomic E-state index is -0.270. The number of benzene rings is 1. The summed E-state index contributed by atoms with van der Waals surface area (Å²) in [5, 5.41) is 17.7. The van der Waals surface area contributed by atoms with Crippen molar-refractivity contribution in [2.24, 2.45) is 5.92 Å². The number of carbonyl (C=O) groups excluding carboxylic acids is 1. The maximum atomic E-state index is 12.5. The third kappa shape index (κ3) is 2.29. The highest BCUT2D eigenvalue weighted by molar-refractivity contribution is 6.05. The molecule has 2 atom stereocenters. The first-order valence-electron chi connectivity index (χ1n) is 7.02. The molecule has 0 aliphatic heterocycles. The van der Waals surface area contributed by atoms with Gasteiger partial charge in [-0.3, -0.25) is 9.89 Å². The fourth-order valence-corrected chi connectivity index (χ4v) is 3.02. The van der Waals surface area contributed by atoms with Gasteiger partial charge in [-0.2, -0.15) is 5.10 Å². The lowest BCUT2D eigenvalue weighted by Gasteiger charge is -2.23. The maximum absolute atomic E-state index is 12.5. The molecule has 1 amide bonds. The first-order chi connectivity index (χ1) is 9.66. The number of aliphatic hydroxyl groups excluding tert-OH is 1. The maximum Gasteiger partial charge on any atom is 0.255 e. The lowest BCUT2D eigenvalue weighted by atomic mass is 10.0. The Morgan fingerprint density at radius 1 is 1.50 bits per heavy atom. The van der Waals surface area contributed by atoms with Crippen molar-refractivity contribution in [1.29, 1.82) is 0 Å². The van der Waals surface area contributed by atoms with Gasteiger partial charge < -0.3 is 10.0 Å². The number of aromatic nitrogens is 2. The number of nitrogens with one attached hydrogen (secondary N) is 1. The molecule has 0 spiro atoms. The smallest absolute Gasteiger partial charge is 0.255 e. The monoisotopic (exact) mass is 273 g/mol. The summed E-state index contributed by atoms with van der Waals surface area (Å²) >= 11 is 0. The van der Waals surface area contributed by atoms with E-state index in [0.29, 0.717) is 12.1 Å². The Kier molecular flexibility index (Phi) is 3.44. The van der Waals surface area contributed by atoms with Gasteiger partial charge in [0.15, 0.2) is 0 Å². The molecular weight excluding hydrogens is 254 g/mol. The summed E-state index contributed by atoms with van der Waals surface area (Å²) in [6.45, 7) is 0.602. The molecule has 1 heterocycles. The van der Waals surface area contributed by atoms with Crippen LogP contribution < -0.4 is 0 Å². The van der Waals surface area contributed by atoms with E-state index in [0.717, 1.165) is 30.2 Å². The largest absolute Gasteiger partial charge is 0.393 e. The standard InChI is InChI=1S/C15H19N3O2/c1-18(9-11-5-3-7-13(11)19)15(20)12-6-2-4-10-8-16-17-14(10)12/h2,4,6,8,11,13,19H,3,5,7,9H2,1H3,(H,16,17). The molecular formula is C15H19N3O2. The number of carbonyl (C=O) groups is 1. The SMILES string of the molecule is CN(CC1CCCC1O)C(=O)c1cccc2cn[nH]c12. The van der Waals surface area contributed by atoms with E-state index in [1.807, 2.05) is 18.2 Å². The number of hydrogen-bond acceptors (Lipinski definition) is 3. The number of nitrogens with zero attached hydrogens (tertiary/aromatic N) is 2. The molecule has 1 aliphatic carbocycles. The first-order valence-corrected chi connectivity index (χ1v) is 7.02. The second-order valence-electron chi connectivity index (χ2n) is 5.58. The van der Waals surface area contributed by atoms with Gasteiger partial charge in [-0.25, -0.2) is 0 Å². The van der Waals surface area contributed by atoms with Gasteiger partial charge in [0.1, 0.15) is 0 Å². The number of H-pyrrole nitrogens is 1. The average molecular weight is 273 g/mol. The van der Waals surface area contributed by atoms with Crippen molar-refractivity contribution in [1.82, 2.24) is 15.1 Å². The van der Waals surface area contributed by atoms with Gasteiger partial charge in [0.25, 0.3) is 5.91 Å². The molecule has 20 heavy (non-hydrogen) atoms. The normalized spacial score (nSPS) is 22.3. The molecule has 106 valence electrons. The third-order valence-corrected chi connectivity index (χ3v) is 4.18. The van der Waals surface area contributed by atoms with Crippen molar-refractivity contribution >= 4 is 16.8 Å². The average Bonchev–Trinajstić information content (AvgIpc) is 3.07. The number of rotatable bonds is 3. The van der Waals surface area contributed by atoms with Crippen LogP contribution in [0.3, 0.4) is 0 Å². The van der Waals surface area contributed by atoms with E-state index in [4.69, 9.17) is 0 Å². The third-order valence-electron chi connectivity index (χ3n) is 4.18. The molecule has 2 N–H and O–H groups in total. The number of amides is 1. The van der Waals surface area contributed by atoms with Gasteiger partial charge in [-0.15, -0.1) is 0 Å². The topological polar surface area (TPSA) is 69.2 Å². The highest BCUT2D eigenvalue weighted by Gasteiger charge is 2.28. The predicted molar refractivity (Wildman–Crippen MR) is 76.4 cm³/mol. The molecule has 2 aromatic rings. The fraction of sp³-hybridized carbons (Fsp3) is 0.467. The summed E-state index contributed by atoms with van der Waals surface area (Å²) in [6.07, 6.45) is 4.33. The Labute approximate surface area is 117 Å². The molecule has 3 rings (SSSR count). The number of aromatic amines is 1. The first kappa shape index (κ1) is 13.1. The van der Waals surface area contributed by atoms with Crippen LogP contribution in [0.25, 0.3) is 10.9 Å². The van der Waals surface area contributed by atoms with Crippen molar-refractivity contribution < 1.29 is 9.90 Å². The highest BCUT2D eigenvalue weighted by Crippen LogP contribution is 2.26. The van der Waals surface area contributed by atoms with Crippen LogP contribution in [0.5, 0.6) is 0 Å². The molecule has 0 bridgehead atoms.